The number of aromatic nitrogens is 6. The maximum absolute atomic E-state index is 12.5. The van der Waals surface area contributed by atoms with Crippen LogP contribution in [0.5, 0.6) is 0 Å². The number of nitrogens with zero attached hydrogens (tertiary/aromatic N) is 6. The first-order valence-electron chi connectivity index (χ1n) is 9.21. The SMILES string of the molecule is Cc1nn(Cn2ccc(C(=O)Nc3ccn(Cc4cccc(Cl)c4)n3)n2)c(C)c1Cl. The minimum atomic E-state index is -0.340. The number of amides is 1. The molecule has 30 heavy (non-hydrogen) atoms. The molecule has 10 heteroatoms. The highest BCUT2D eigenvalue weighted by Gasteiger charge is 2.14. The fourth-order valence-electron chi connectivity index (χ4n) is 3.03. The lowest BCUT2D eigenvalue weighted by Gasteiger charge is -2.04. The summed E-state index contributed by atoms with van der Waals surface area (Å²) in [6.45, 7) is 4.65. The van der Waals surface area contributed by atoms with Gasteiger partial charge < -0.3 is 5.32 Å². The van der Waals surface area contributed by atoms with Gasteiger partial charge in [0.05, 0.1) is 23.0 Å². The largest absolute Gasteiger partial charge is 0.304 e. The van der Waals surface area contributed by atoms with Crippen LogP contribution in [-0.2, 0) is 13.2 Å². The summed E-state index contributed by atoms with van der Waals surface area (Å²) < 4.78 is 5.10. The van der Waals surface area contributed by atoms with Crippen molar-refractivity contribution >= 4 is 34.9 Å². The molecule has 0 radical (unpaired) electrons. The van der Waals surface area contributed by atoms with Gasteiger partial charge in [-0.2, -0.15) is 15.3 Å². The van der Waals surface area contributed by atoms with Gasteiger partial charge >= 0.3 is 0 Å². The Morgan fingerprint density at radius 1 is 1.03 bits per heavy atom. The first-order chi connectivity index (χ1) is 14.4. The molecule has 1 amide bonds. The van der Waals surface area contributed by atoms with Crippen LogP contribution in [0.25, 0.3) is 0 Å². The molecule has 0 saturated carbocycles. The zero-order valence-electron chi connectivity index (χ0n) is 16.4. The molecule has 0 saturated heterocycles. The summed E-state index contributed by atoms with van der Waals surface area (Å²) in [4.78, 5) is 12.5. The summed E-state index contributed by atoms with van der Waals surface area (Å²) >= 11 is 12.2. The highest BCUT2D eigenvalue weighted by molar-refractivity contribution is 6.31. The minimum Gasteiger partial charge on any atom is -0.304 e. The lowest BCUT2D eigenvalue weighted by Crippen LogP contribution is -2.16. The van der Waals surface area contributed by atoms with Crippen LogP contribution in [0.3, 0.4) is 0 Å². The molecule has 3 aromatic heterocycles. The number of carbonyl (C=O) groups is 1. The summed E-state index contributed by atoms with van der Waals surface area (Å²) in [5.74, 6) is 0.107. The summed E-state index contributed by atoms with van der Waals surface area (Å²) in [7, 11) is 0. The average Bonchev–Trinajstić information content (AvgIpc) is 3.40. The Hall–Kier alpha value is -3.10. The molecule has 4 rings (SSSR count). The maximum atomic E-state index is 12.5. The van der Waals surface area contributed by atoms with E-state index in [4.69, 9.17) is 23.2 Å². The van der Waals surface area contributed by atoms with Gasteiger partial charge in [-0.3, -0.25) is 14.2 Å². The van der Waals surface area contributed by atoms with E-state index < -0.39 is 0 Å². The highest BCUT2D eigenvalue weighted by atomic mass is 35.5. The molecule has 4 aromatic rings. The standard InChI is InChI=1S/C20H19Cl2N7O/c1-13-19(22)14(2)29(24-13)12-28-8-6-17(25-28)20(30)23-18-7-9-27(26-18)11-15-4-3-5-16(21)10-15/h3-10H,11-12H2,1-2H3,(H,23,26,30). The normalized spacial score (nSPS) is 11.1. The molecule has 0 bridgehead atoms. The van der Waals surface area contributed by atoms with Gasteiger partial charge in [0.2, 0.25) is 0 Å². The molecule has 0 aliphatic heterocycles. The zero-order valence-corrected chi connectivity index (χ0v) is 17.9. The van der Waals surface area contributed by atoms with Crippen molar-refractivity contribution in [3.05, 3.63) is 81.5 Å². The fraction of sp³-hybridized carbons (Fsp3) is 0.200. The van der Waals surface area contributed by atoms with E-state index in [0.717, 1.165) is 17.0 Å². The van der Waals surface area contributed by atoms with E-state index in [9.17, 15) is 4.79 Å². The third-order valence-corrected chi connectivity index (χ3v) is 5.34. The summed E-state index contributed by atoms with van der Waals surface area (Å²) in [6, 6.07) is 10.9. The van der Waals surface area contributed by atoms with Crippen LogP contribution < -0.4 is 5.32 Å². The lowest BCUT2D eigenvalue weighted by atomic mass is 10.2. The van der Waals surface area contributed by atoms with Crippen LogP contribution in [0, 0.1) is 13.8 Å². The molecule has 0 aliphatic carbocycles. The summed E-state index contributed by atoms with van der Waals surface area (Å²) in [5, 5.41) is 17.1. The van der Waals surface area contributed by atoms with Crippen LogP contribution in [-0.4, -0.2) is 35.2 Å². The molecule has 154 valence electrons. The van der Waals surface area contributed by atoms with Crippen LogP contribution in [0.2, 0.25) is 10.0 Å². The smallest absolute Gasteiger partial charge is 0.277 e. The minimum absolute atomic E-state index is 0.284. The lowest BCUT2D eigenvalue weighted by molar-refractivity contribution is 0.102. The predicted octanol–water partition coefficient (Wildman–Crippen LogP) is 4.01. The van der Waals surface area contributed by atoms with Crippen molar-refractivity contribution < 1.29 is 4.79 Å². The van der Waals surface area contributed by atoms with Gasteiger partial charge in [-0.15, -0.1) is 0 Å². The summed E-state index contributed by atoms with van der Waals surface area (Å²) in [6.07, 6.45) is 3.51. The third kappa shape index (κ3) is 4.39. The number of carbonyl (C=O) groups excluding carboxylic acids is 1. The van der Waals surface area contributed by atoms with Crippen molar-refractivity contribution in [2.24, 2.45) is 0 Å². The highest BCUT2D eigenvalue weighted by Crippen LogP contribution is 2.19. The zero-order chi connectivity index (χ0) is 21.3. The van der Waals surface area contributed by atoms with E-state index in [2.05, 4.69) is 20.6 Å². The Labute approximate surface area is 183 Å². The Bertz CT molecular complexity index is 1210. The maximum Gasteiger partial charge on any atom is 0.277 e. The van der Waals surface area contributed by atoms with E-state index in [-0.39, 0.29) is 11.6 Å². The van der Waals surface area contributed by atoms with Crippen LogP contribution in [0.15, 0.2) is 48.8 Å². The number of hydrogen-bond donors (Lipinski definition) is 1. The second kappa shape index (κ2) is 8.33. The van der Waals surface area contributed by atoms with E-state index in [1.807, 2.05) is 38.1 Å². The number of benzene rings is 1. The molecule has 0 atom stereocenters. The van der Waals surface area contributed by atoms with Gasteiger partial charge in [0.15, 0.2) is 11.5 Å². The number of halogens is 2. The number of nitrogens with one attached hydrogen (secondary N) is 1. The molecule has 0 aliphatic rings. The van der Waals surface area contributed by atoms with Crippen molar-refractivity contribution in [3.63, 3.8) is 0 Å². The van der Waals surface area contributed by atoms with Crippen molar-refractivity contribution in [1.82, 2.24) is 29.3 Å². The van der Waals surface area contributed by atoms with Gasteiger partial charge in [-0.1, -0.05) is 35.3 Å². The van der Waals surface area contributed by atoms with Crippen LogP contribution in [0.1, 0.15) is 27.4 Å². The van der Waals surface area contributed by atoms with E-state index in [0.29, 0.717) is 29.1 Å². The molecule has 0 fully saturated rings. The molecule has 8 nitrogen and oxygen atoms in total. The van der Waals surface area contributed by atoms with E-state index >= 15 is 0 Å². The number of aryl methyl sites for hydroxylation is 1. The van der Waals surface area contributed by atoms with Crippen LogP contribution >= 0.6 is 23.2 Å². The quantitative estimate of drug-likeness (QED) is 0.487. The molecule has 1 N–H and O–H groups in total. The topological polar surface area (TPSA) is 82.6 Å². The molecule has 0 spiro atoms. The van der Waals surface area contributed by atoms with Gasteiger partial charge in [0, 0.05) is 23.5 Å². The van der Waals surface area contributed by atoms with Gasteiger partial charge in [-0.05, 0) is 37.6 Å². The van der Waals surface area contributed by atoms with E-state index in [1.165, 1.54) is 0 Å². The van der Waals surface area contributed by atoms with Crippen molar-refractivity contribution in [3.8, 4) is 0 Å². The summed E-state index contributed by atoms with van der Waals surface area (Å²) in [5.41, 5.74) is 2.91. The Kier molecular flexibility index (Phi) is 5.61. The number of anilines is 1. The van der Waals surface area contributed by atoms with Gasteiger partial charge in [-0.25, -0.2) is 4.68 Å². The first kappa shape index (κ1) is 20.2. The first-order valence-corrected chi connectivity index (χ1v) is 9.97. The predicted molar refractivity (Wildman–Crippen MR) is 115 cm³/mol. The molecular weight excluding hydrogens is 425 g/mol. The monoisotopic (exact) mass is 443 g/mol. The number of hydrogen-bond acceptors (Lipinski definition) is 4. The van der Waals surface area contributed by atoms with Gasteiger partial charge in [0.1, 0.15) is 6.67 Å². The fourth-order valence-corrected chi connectivity index (χ4v) is 3.38. The Morgan fingerprint density at radius 3 is 2.57 bits per heavy atom. The number of rotatable bonds is 6. The molecule has 3 heterocycles. The Morgan fingerprint density at radius 2 is 1.83 bits per heavy atom. The van der Waals surface area contributed by atoms with E-state index in [1.54, 1.807) is 38.6 Å². The van der Waals surface area contributed by atoms with Crippen molar-refractivity contribution in [1.29, 1.82) is 0 Å². The van der Waals surface area contributed by atoms with Crippen molar-refractivity contribution in [2.75, 3.05) is 5.32 Å². The second-order valence-electron chi connectivity index (χ2n) is 6.85. The molecule has 0 unspecified atom stereocenters. The Balaban J connectivity index is 1.40. The van der Waals surface area contributed by atoms with Gasteiger partial charge in [0.25, 0.3) is 5.91 Å². The third-order valence-electron chi connectivity index (χ3n) is 4.56. The molecule has 1 aromatic carbocycles. The van der Waals surface area contributed by atoms with Crippen molar-refractivity contribution in [2.45, 2.75) is 27.1 Å². The average molecular weight is 444 g/mol. The van der Waals surface area contributed by atoms with Crippen LogP contribution in [0.4, 0.5) is 5.82 Å². The second-order valence-corrected chi connectivity index (χ2v) is 7.66. The molecular formula is C20H19Cl2N7O.